The number of nitrogens with zero attached hydrogens (tertiary/aromatic N) is 1. The minimum Gasteiger partial charge on any atom is -0.397 e. The molecule has 58 valence electrons. The number of anilines is 1. The first-order chi connectivity index (χ1) is 5.16. The summed E-state index contributed by atoms with van der Waals surface area (Å²) in [4.78, 5) is 0. The molecule has 0 fully saturated rings. The van der Waals surface area contributed by atoms with Gasteiger partial charge in [-0.15, -0.1) is 0 Å². The minimum absolute atomic E-state index is 0.0785. The third-order valence-corrected chi connectivity index (χ3v) is 1.50. The molecule has 5 heteroatoms. The van der Waals surface area contributed by atoms with Crippen LogP contribution in [0.25, 0.3) is 0 Å². The minimum atomic E-state index is -0.748. The van der Waals surface area contributed by atoms with Gasteiger partial charge in [0.05, 0.1) is 10.7 Å². The number of benzene rings is 1. The lowest BCUT2D eigenvalue weighted by molar-refractivity contribution is 0.628. The van der Waals surface area contributed by atoms with Crippen LogP contribution in [0, 0.1) is 11.3 Å². The van der Waals surface area contributed by atoms with Gasteiger partial charge in [-0.1, -0.05) is 11.6 Å². The monoisotopic (exact) mass is 173 g/mol. The van der Waals surface area contributed by atoms with Crippen LogP contribution in [0.2, 0.25) is 5.02 Å². The smallest absolute Gasteiger partial charge is 0.171 e. The van der Waals surface area contributed by atoms with Crippen LogP contribution in [-0.2, 0) is 0 Å². The third-order valence-electron chi connectivity index (χ3n) is 1.21. The highest BCUT2D eigenvalue weighted by Gasteiger charge is 2.08. The molecule has 3 N–H and O–H groups in total. The van der Waals surface area contributed by atoms with E-state index in [4.69, 9.17) is 22.9 Å². The van der Waals surface area contributed by atoms with Crippen molar-refractivity contribution in [2.75, 3.05) is 5.73 Å². The predicted octanol–water partition coefficient (Wildman–Crippen LogP) is 2.72. The Hall–Kier alpha value is -1.16. The largest absolute Gasteiger partial charge is 0.397 e. The second-order valence-corrected chi connectivity index (χ2v) is 2.32. The molecule has 3 nitrogen and oxygen atoms in total. The number of nitrogen functional groups attached to an aromatic ring is 1. The van der Waals surface area contributed by atoms with Gasteiger partial charge in [0.15, 0.2) is 5.82 Å². The topological polar surface area (TPSA) is 62.2 Å². The summed E-state index contributed by atoms with van der Waals surface area (Å²) in [5, 5.41) is 2.82. The lowest BCUT2D eigenvalue weighted by atomic mass is 10.2. The van der Waals surface area contributed by atoms with Gasteiger partial charge in [0, 0.05) is 0 Å². The maximum Gasteiger partial charge on any atom is 0.171 e. The lowest BCUT2D eigenvalue weighted by Crippen LogP contribution is -1.88. The van der Waals surface area contributed by atoms with E-state index in [1.54, 1.807) is 0 Å². The maximum atomic E-state index is 12.8. The van der Waals surface area contributed by atoms with Gasteiger partial charge in [0.2, 0.25) is 0 Å². The van der Waals surface area contributed by atoms with Crippen LogP contribution in [0.5, 0.6) is 0 Å². The van der Waals surface area contributed by atoms with E-state index in [-0.39, 0.29) is 16.4 Å². The average molecular weight is 174 g/mol. The first-order valence-electron chi connectivity index (χ1n) is 2.77. The van der Waals surface area contributed by atoms with Gasteiger partial charge >= 0.3 is 0 Å². The summed E-state index contributed by atoms with van der Waals surface area (Å²) in [7, 11) is 0. The van der Waals surface area contributed by atoms with Crippen LogP contribution < -0.4 is 5.73 Å². The maximum absolute atomic E-state index is 12.8. The summed E-state index contributed by atoms with van der Waals surface area (Å²) in [6.45, 7) is 0. The molecule has 0 aliphatic rings. The van der Waals surface area contributed by atoms with Gasteiger partial charge in [0.25, 0.3) is 0 Å². The molecular weight excluding hydrogens is 169 g/mol. The van der Waals surface area contributed by atoms with Gasteiger partial charge in [-0.2, -0.15) is 5.11 Å². The molecule has 0 amide bonds. The second kappa shape index (κ2) is 2.84. The van der Waals surface area contributed by atoms with E-state index in [1.165, 1.54) is 12.1 Å². The highest BCUT2D eigenvalue weighted by Crippen LogP contribution is 2.30. The van der Waals surface area contributed by atoms with Crippen LogP contribution in [-0.4, -0.2) is 0 Å². The molecule has 0 aliphatic heterocycles. The Morgan fingerprint density at radius 1 is 1.55 bits per heavy atom. The first kappa shape index (κ1) is 7.94. The Morgan fingerprint density at radius 2 is 2.18 bits per heavy atom. The van der Waals surface area contributed by atoms with Crippen molar-refractivity contribution in [2.24, 2.45) is 5.11 Å². The Labute approximate surface area is 67.5 Å². The van der Waals surface area contributed by atoms with Crippen molar-refractivity contribution >= 4 is 23.0 Å². The van der Waals surface area contributed by atoms with E-state index >= 15 is 0 Å². The van der Waals surface area contributed by atoms with Gasteiger partial charge in [-0.25, -0.2) is 9.92 Å². The van der Waals surface area contributed by atoms with E-state index in [2.05, 4.69) is 5.11 Å². The molecule has 1 aromatic carbocycles. The van der Waals surface area contributed by atoms with E-state index in [1.807, 2.05) is 0 Å². The zero-order valence-corrected chi connectivity index (χ0v) is 6.19. The van der Waals surface area contributed by atoms with E-state index < -0.39 is 5.82 Å². The molecule has 0 bridgehead atoms. The van der Waals surface area contributed by atoms with Crippen molar-refractivity contribution in [1.29, 1.82) is 5.53 Å². The summed E-state index contributed by atoms with van der Waals surface area (Å²) >= 11 is 5.39. The Bertz CT molecular complexity index is 300. The standard InChI is InChI=1S/C6H5ClFN3/c7-3-1-2-4(9)6(11-10)5(3)8/h1-2,10H,9H2. The number of rotatable bonds is 1. The second-order valence-electron chi connectivity index (χ2n) is 1.91. The van der Waals surface area contributed by atoms with Gasteiger partial charge in [-0.05, 0) is 12.1 Å². The summed E-state index contributed by atoms with van der Waals surface area (Å²) < 4.78 is 12.8. The molecule has 0 spiro atoms. The predicted molar refractivity (Wildman–Crippen MR) is 40.6 cm³/mol. The van der Waals surface area contributed by atoms with Gasteiger partial charge < -0.3 is 5.73 Å². The molecule has 1 rings (SSSR count). The Balaban J connectivity index is 3.40. The van der Waals surface area contributed by atoms with Crippen molar-refractivity contribution in [2.45, 2.75) is 0 Å². The van der Waals surface area contributed by atoms with Crippen LogP contribution >= 0.6 is 11.6 Å². The quantitative estimate of drug-likeness (QED) is 0.498. The first-order valence-corrected chi connectivity index (χ1v) is 3.15. The van der Waals surface area contributed by atoms with Crippen LogP contribution in [0.4, 0.5) is 15.8 Å². The molecule has 0 unspecified atom stereocenters. The van der Waals surface area contributed by atoms with Crippen molar-refractivity contribution in [3.05, 3.63) is 23.0 Å². The fourth-order valence-corrected chi connectivity index (χ4v) is 0.821. The number of halogens is 2. The molecule has 0 aromatic heterocycles. The molecule has 0 radical (unpaired) electrons. The molecule has 11 heavy (non-hydrogen) atoms. The highest BCUT2D eigenvalue weighted by atomic mass is 35.5. The van der Waals surface area contributed by atoms with Crippen molar-refractivity contribution in [3.8, 4) is 0 Å². The van der Waals surface area contributed by atoms with Crippen LogP contribution in [0.3, 0.4) is 0 Å². The lowest BCUT2D eigenvalue weighted by Gasteiger charge is -1.99. The SMILES string of the molecule is N=Nc1c(N)ccc(Cl)c1F. The van der Waals surface area contributed by atoms with Gasteiger partial charge in [0.1, 0.15) is 5.69 Å². The molecular formula is C6H5ClFN3. The molecule has 0 saturated heterocycles. The summed E-state index contributed by atoms with van der Waals surface area (Å²) in [6.07, 6.45) is 0. The van der Waals surface area contributed by atoms with Crippen LogP contribution in [0.1, 0.15) is 0 Å². The fourth-order valence-electron chi connectivity index (χ4n) is 0.669. The zero-order valence-electron chi connectivity index (χ0n) is 5.44. The Kier molecular flexibility index (Phi) is 2.05. The Morgan fingerprint density at radius 3 is 2.64 bits per heavy atom. The summed E-state index contributed by atoms with van der Waals surface area (Å²) in [5.74, 6) is -0.748. The van der Waals surface area contributed by atoms with E-state index in [0.29, 0.717) is 0 Å². The van der Waals surface area contributed by atoms with Crippen molar-refractivity contribution in [1.82, 2.24) is 0 Å². The summed E-state index contributed by atoms with van der Waals surface area (Å²) in [6, 6.07) is 2.72. The molecule has 0 saturated carbocycles. The summed E-state index contributed by atoms with van der Waals surface area (Å²) in [5.41, 5.74) is 11.8. The molecule has 0 atom stereocenters. The van der Waals surface area contributed by atoms with Crippen molar-refractivity contribution < 1.29 is 4.39 Å². The number of hydrogen-bond acceptors (Lipinski definition) is 3. The third kappa shape index (κ3) is 1.30. The number of nitrogens with two attached hydrogens (primary N) is 1. The van der Waals surface area contributed by atoms with Crippen LogP contribution in [0.15, 0.2) is 17.2 Å². The number of nitrogens with one attached hydrogen (secondary N) is 1. The fraction of sp³-hybridized carbons (Fsp3) is 0. The highest BCUT2D eigenvalue weighted by molar-refractivity contribution is 6.31. The molecule has 1 aromatic rings. The number of hydrogen-bond donors (Lipinski definition) is 2. The van der Waals surface area contributed by atoms with Crippen molar-refractivity contribution in [3.63, 3.8) is 0 Å². The zero-order chi connectivity index (χ0) is 8.43. The van der Waals surface area contributed by atoms with Gasteiger partial charge in [-0.3, -0.25) is 0 Å². The van der Waals surface area contributed by atoms with E-state index in [9.17, 15) is 4.39 Å². The molecule has 0 aliphatic carbocycles. The van der Waals surface area contributed by atoms with E-state index in [0.717, 1.165) is 0 Å². The average Bonchev–Trinajstić information content (AvgIpc) is 1.99. The molecule has 0 heterocycles. The normalized spacial score (nSPS) is 9.64.